The van der Waals surface area contributed by atoms with Crippen molar-refractivity contribution in [1.29, 1.82) is 0 Å². The molecule has 0 aromatic heterocycles. The minimum absolute atomic E-state index is 0.0726. The summed E-state index contributed by atoms with van der Waals surface area (Å²) >= 11 is 0. The van der Waals surface area contributed by atoms with E-state index in [-0.39, 0.29) is 24.9 Å². The molecule has 1 amide bonds. The fourth-order valence-corrected chi connectivity index (χ4v) is 8.19. The fraction of sp³-hybridized carbons (Fsp3) is 0.889. The Morgan fingerprint density at radius 2 is 0.800 bits per heavy atom. The lowest BCUT2D eigenvalue weighted by atomic mass is 10.0. The van der Waals surface area contributed by atoms with E-state index in [4.69, 9.17) is 4.74 Å². The van der Waals surface area contributed by atoms with Gasteiger partial charge in [0, 0.05) is 6.42 Å². The summed E-state index contributed by atoms with van der Waals surface area (Å²) in [7, 11) is 0. The number of carbonyl (C=O) groups is 2. The predicted molar refractivity (Wildman–Crippen MR) is 260 cm³/mol. The summed E-state index contributed by atoms with van der Waals surface area (Å²) in [6.45, 7) is 6.48. The van der Waals surface area contributed by atoms with Crippen molar-refractivity contribution in [2.75, 3.05) is 6.61 Å². The maximum Gasteiger partial charge on any atom is 0.306 e. The molecule has 6 nitrogen and oxygen atoms in total. The van der Waals surface area contributed by atoms with Crippen LogP contribution >= 0.6 is 0 Å². The molecular weight excluding hydrogens is 743 g/mol. The van der Waals surface area contributed by atoms with Crippen LogP contribution in [-0.2, 0) is 14.3 Å². The van der Waals surface area contributed by atoms with E-state index in [1.54, 1.807) is 0 Å². The van der Waals surface area contributed by atoms with Crippen molar-refractivity contribution in [3.8, 4) is 0 Å². The van der Waals surface area contributed by atoms with Crippen LogP contribution in [0.3, 0.4) is 0 Å². The van der Waals surface area contributed by atoms with Crippen LogP contribution in [0.2, 0.25) is 0 Å². The van der Waals surface area contributed by atoms with Crippen molar-refractivity contribution in [3.63, 3.8) is 0 Å². The van der Waals surface area contributed by atoms with E-state index in [1.165, 1.54) is 173 Å². The number of carbonyl (C=O) groups excluding carboxylic acids is 2. The van der Waals surface area contributed by atoms with E-state index in [9.17, 15) is 19.8 Å². The number of hydrogen-bond acceptors (Lipinski definition) is 5. The summed E-state index contributed by atoms with van der Waals surface area (Å²) in [5, 5.41) is 23.7. The highest BCUT2D eigenvalue weighted by molar-refractivity contribution is 5.77. The molecule has 0 bridgehead atoms. The zero-order valence-corrected chi connectivity index (χ0v) is 40.4. The van der Waals surface area contributed by atoms with Crippen LogP contribution in [0.1, 0.15) is 284 Å². The van der Waals surface area contributed by atoms with E-state index in [1.807, 2.05) is 0 Å². The number of aliphatic hydroxyl groups excluding tert-OH is 2. The van der Waals surface area contributed by atoms with Gasteiger partial charge in [0.2, 0.25) is 5.91 Å². The van der Waals surface area contributed by atoms with Crippen molar-refractivity contribution in [2.24, 2.45) is 0 Å². The molecule has 354 valence electrons. The number of rotatable bonds is 48. The predicted octanol–water partition coefficient (Wildman–Crippen LogP) is 15.9. The lowest BCUT2D eigenvalue weighted by Gasteiger charge is -2.24. The highest BCUT2D eigenvalue weighted by atomic mass is 16.5. The van der Waals surface area contributed by atoms with Crippen molar-refractivity contribution in [1.82, 2.24) is 5.32 Å². The molecule has 0 rings (SSSR count). The third-order valence-electron chi connectivity index (χ3n) is 12.3. The topological polar surface area (TPSA) is 95.9 Å². The maximum atomic E-state index is 13.2. The molecule has 3 atom stereocenters. The standard InChI is InChI=1S/C54H103NO5/c1-4-7-10-13-16-19-22-24-25-26-27-29-31-33-36-39-42-45-50(60-54(59)47-44-41-38-35-32-28-23-20-17-14-11-8-5-2)48-53(58)55-51(49-56)52(57)46-43-40-37-34-30-21-18-15-12-9-6-3/h24-25,28,32,50-52,56-57H,4-23,26-27,29-31,33-49H2,1-3H3,(H,55,58)/b25-24+,32-28-. The van der Waals surface area contributed by atoms with Gasteiger partial charge in [-0.05, 0) is 77.0 Å². The number of aliphatic hydroxyl groups is 2. The average molecular weight is 846 g/mol. The van der Waals surface area contributed by atoms with Gasteiger partial charge < -0.3 is 20.3 Å². The molecule has 3 unspecified atom stereocenters. The number of nitrogens with one attached hydrogen (secondary N) is 1. The van der Waals surface area contributed by atoms with E-state index < -0.39 is 18.2 Å². The van der Waals surface area contributed by atoms with Gasteiger partial charge in [0.1, 0.15) is 6.10 Å². The smallest absolute Gasteiger partial charge is 0.306 e. The van der Waals surface area contributed by atoms with Crippen LogP contribution in [0.5, 0.6) is 0 Å². The first-order valence-corrected chi connectivity index (χ1v) is 26.6. The summed E-state index contributed by atoms with van der Waals surface area (Å²) in [6.07, 6.45) is 55.2. The number of allylic oxidation sites excluding steroid dienone is 4. The van der Waals surface area contributed by atoms with Gasteiger partial charge in [0.05, 0.1) is 25.2 Å². The summed E-state index contributed by atoms with van der Waals surface area (Å²) in [5.41, 5.74) is 0. The van der Waals surface area contributed by atoms with Crippen molar-refractivity contribution in [3.05, 3.63) is 24.3 Å². The van der Waals surface area contributed by atoms with Crippen LogP contribution in [0.25, 0.3) is 0 Å². The molecule has 0 aliphatic heterocycles. The highest BCUT2D eigenvalue weighted by Crippen LogP contribution is 2.18. The van der Waals surface area contributed by atoms with Gasteiger partial charge in [-0.15, -0.1) is 0 Å². The van der Waals surface area contributed by atoms with Gasteiger partial charge >= 0.3 is 5.97 Å². The quantitative estimate of drug-likeness (QED) is 0.0322. The number of amides is 1. The molecule has 0 aromatic rings. The second-order valence-corrected chi connectivity index (χ2v) is 18.3. The zero-order chi connectivity index (χ0) is 43.8. The second-order valence-electron chi connectivity index (χ2n) is 18.3. The first-order chi connectivity index (χ1) is 29.5. The molecular formula is C54H103NO5. The minimum Gasteiger partial charge on any atom is -0.462 e. The molecule has 0 radical (unpaired) electrons. The van der Waals surface area contributed by atoms with Crippen LogP contribution < -0.4 is 5.32 Å². The molecule has 6 heteroatoms. The minimum atomic E-state index is -0.787. The third-order valence-corrected chi connectivity index (χ3v) is 12.3. The Morgan fingerprint density at radius 3 is 1.18 bits per heavy atom. The van der Waals surface area contributed by atoms with Crippen LogP contribution in [-0.4, -0.2) is 46.9 Å². The van der Waals surface area contributed by atoms with Gasteiger partial charge in [-0.3, -0.25) is 9.59 Å². The van der Waals surface area contributed by atoms with E-state index in [2.05, 4.69) is 50.4 Å². The molecule has 60 heavy (non-hydrogen) atoms. The maximum absolute atomic E-state index is 13.2. The number of hydrogen-bond donors (Lipinski definition) is 3. The molecule has 0 fully saturated rings. The molecule has 0 saturated carbocycles. The first-order valence-electron chi connectivity index (χ1n) is 26.6. The largest absolute Gasteiger partial charge is 0.462 e. The molecule has 0 aromatic carbocycles. The van der Waals surface area contributed by atoms with Crippen molar-refractivity contribution in [2.45, 2.75) is 302 Å². The molecule has 0 saturated heterocycles. The van der Waals surface area contributed by atoms with Crippen LogP contribution in [0.4, 0.5) is 0 Å². The highest BCUT2D eigenvalue weighted by Gasteiger charge is 2.24. The SMILES string of the molecule is CCCCCCCC/C=C\CCCCCC(=O)OC(CCCCCCCCC/C=C/CCCCCCCC)CC(=O)NC(CO)C(O)CCCCCCCCCCCCC. The number of esters is 1. The van der Waals surface area contributed by atoms with Gasteiger partial charge in [0.25, 0.3) is 0 Å². The van der Waals surface area contributed by atoms with Crippen molar-refractivity contribution >= 4 is 11.9 Å². The number of ether oxygens (including phenoxy) is 1. The van der Waals surface area contributed by atoms with E-state index >= 15 is 0 Å². The monoisotopic (exact) mass is 846 g/mol. The zero-order valence-electron chi connectivity index (χ0n) is 40.4. The van der Waals surface area contributed by atoms with Gasteiger partial charge in [0.15, 0.2) is 0 Å². The van der Waals surface area contributed by atoms with Gasteiger partial charge in [-0.1, -0.05) is 218 Å². The Bertz CT molecular complexity index is 950. The number of unbranched alkanes of at least 4 members (excludes halogenated alkanes) is 32. The second kappa shape index (κ2) is 48.4. The van der Waals surface area contributed by atoms with Crippen molar-refractivity contribution < 1.29 is 24.5 Å². The van der Waals surface area contributed by atoms with Gasteiger partial charge in [-0.25, -0.2) is 0 Å². The molecule has 0 heterocycles. The van der Waals surface area contributed by atoms with Crippen LogP contribution in [0.15, 0.2) is 24.3 Å². The Balaban J connectivity index is 4.58. The third kappa shape index (κ3) is 43.0. The Hall–Kier alpha value is -1.66. The summed E-state index contributed by atoms with van der Waals surface area (Å²) in [6, 6.07) is -0.701. The normalized spacial score (nSPS) is 13.3. The molecule has 0 aliphatic carbocycles. The Morgan fingerprint density at radius 1 is 0.467 bits per heavy atom. The summed E-state index contributed by atoms with van der Waals surface area (Å²) < 4.78 is 5.93. The fourth-order valence-electron chi connectivity index (χ4n) is 8.19. The van der Waals surface area contributed by atoms with Crippen LogP contribution in [0, 0.1) is 0 Å². The van der Waals surface area contributed by atoms with E-state index in [0.717, 1.165) is 64.2 Å². The lowest BCUT2D eigenvalue weighted by molar-refractivity contribution is -0.151. The Kier molecular flexibility index (Phi) is 47.0. The average Bonchev–Trinajstić information content (AvgIpc) is 3.24. The molecule has 0 spiro atoms. The lowest BCUT2D eigenvalue weighted by Crippen LogP contribution is -2.46. The summed E-state index contributed by atoms with van der Waals surface area (Å²) in [4.78, 5) is 26.1. The molecule has 0 aliphatic rings. The molecule has 3 N–H and O–H groups in total. The Labute approximate surface area is 373 Å². The van der Waals surface area contributed by atoms with E-state index in [0.29, 0.717) is 19.3 Å². The van der Waals surface area contributed by atoms with Gasteiger partial charge in [-0.2, -0.15) is 0 Å². The summed E-state index contributed by atoms with van der Waals surface area (Å²) in [5.74, 6) is -0.485. The first kappa shape index (κ1) is 58.3.